The number of alkyl halides is 1. The minimum absolute atomic E-state index is 0.116. The van der Waals surface area contributed by atoms with Gasteiger partial charge in [-0.25, -0.2) is 4.39 Å². The lowest BCUT2D eigenvalue weighted by atomic mass is 10.2. The Morgan fingerprint density at radius 1 is 1.58 bits per heavy atom. The SMILES string of the molecule is O=Cc1cccc(O)c1OCF. The van der Waals surface area contributed by atoms with Gasteiger partial charge < -0.3 is 9.84 Å². The highest BCUT2D eigenvalue weighted by Gasteiger charge is 2.07. The average Bonchev–Trinajstić information content (AvgIpc) is 2.09. The molecule has 1 aromatic carbocycles. The van der Waals surface area contributed by atoms with Gasteiger partial charge in [0, 0.05) is 0 Å². The first-order valence-corrected chi connectivity index (χ1v) is 3.25. The van der Waals surface area contributed by atoms with Gasteiger partial charge in [-0.3, -0.25) is 4.79 Å². The summed E-state index contributed by atoms with van der Waals surface area (Å²) in [6.07, 6.45) is 0.491. The van der Waals surface area contributed by atoms with E-state index in [0.29, 0.717) is 6.29 Å². The Hall–Kier alpha value is -1.58. The van der Waals surface area contributed by atoms with Crippen LogP contribution >= 0.6 is 0 Å². The first kappa shape index (κ1) is 8.52. The largest absolute Gasteiger partial charge is 0.504 e. The van der Waals surface area contributed by atoms with Gasteiger partial charge in [-0.15, -0.1) is 0 Å². The number of para-hydroxylation sites is 1. The summed E-state index contributed by atoms with van der Waals surface area (Å²) in [5, 5.41) is 9.10. The van der Waals surface area contributed by atoms with Crippen LogP contribution in [0.4, 0.5) is 4.39 Å². The number of rotatable bonds is 3. The molecule has 0 spiro atoms. The summed E-state index contributed by atoms with van der Waals surface area (Å²) in [7, 11) is 0. The highest BCUT2D eigenvalue weighted by atomic mass is 19.1. The van der Waals surface area contributed by atoms with Crippen molar-refractivity contribution in [3.8, 4) is 11.5 Å². The van der Waals surface area contributed by atoms with Crippen LogP contribution in [0.25, 0.3) is 0 Å². The number of hydrogen-bond donors (Lipinski definition) is 1. The van der Waals surface area contributed by atoms with Crippen LogP contribution in [0.5, 0.6) is 11.5 Å². The lowest BCUT2D eigenvalue weighted by molar-refractivity contribution is 0.111. The monoisotopic (exact) mass is 170 g/mol. The molecule has 1 rings (SSSR count). The summed E-state index contributed by atoms with van der Waals surface area (Å²) >= 11 is 0. The molecule has 3 nitrogen and oxygen atoms in total. The van der Waals surface area contributed by atoms with Gasteiger partial charge in [-0.05, 0) is 12.1 Å². The highest BCUT2D eigenvalue weighted by Crippen LogP contribution is 2.28. The fourth-order valence-electron chi connectivity index (χ4n) is 0.847. The zero-order valence-corrected chi connectivity index (χ0v) is 6.16. The van der Waals surface area contributed by atoms with Gasteiger partial charge in [-0.2, -0.15) is 0 Å². The van der Waals surface area contributed by atoms with Crippen molar-refractivity contribution < 1.29 is 19.0 Å². The maximum Gasteiger partial charge on any atom is 0.228 e. The van der Waals surface area contributed by atoms with E-state index in [1.807, 2.05) is 0 Å². The van der Waals surface area contributed by atoms with E-state index in [9.17, 15) is 9.18 Å². The van der Waals surface area contributed by atoms with Crippen LogP contribution in [-0.4, -0.2) is 18.3 Å². The van der Waals surface area contributed by atoms with Crippen LogP contribution < -0.4 is 4.74 Å². The van der Waals surface area contributed by atoms with Gasteiger partial charge in [0.1, 0.15) is 0 Å². The number of aldehydes is 1. The Kier molecular flexibility index (Phi) is 2.63. The topological polar surface area (TPSA) is 46.5 Å². The van der Waals surface area contributed by atoms with Crippen molar-refractivity contribution in [3.63, 3.8) is 0 Å². The fourth-order valence-corrected chi connectivity index (χ4v) is 0.847. The Morgan fingerprint density at radius 3 is 2.92 bits per heavy atom. The molecule has 0 atom stereocenters. The minimum atomic E-state index is -1.07. The van der Waals surface area contributed by atoms with Crippen LogP contribution in [0.1, 0.15) is 10.4 Å². The summed E-state index contributed by atoms with van der Waals surface area (Å²) < 4.78 is 16.1. The van der Waals surface area contributed by atoms with Crippen LogP contribution in [0.2, 0.25) is 0 Å². The third-order valence-electron chi connectivity index (χ3n) is 1.35. The summed E-state index contributed by atoms with van der Waals surface area (Å²) in [5.74, 6) is -0.354. The predicted molar refractivity (Wildman–Crippen MR) is 40.1 cm³/mol. The highest BCUT2D eigenvalue weighted by molar-refractivity contribution is 5.80. The second-order valence-electron chi connectivity index (χ2n) is 2.07. The number of phenolic OH excluding ortho intramolecular Hbond substituents is 1. The van der Waals surface area contributed by atoms with Crippen LogP contribution in [-0.2, 0) is 0 Å². The molecule has 0 aromatic heterocycles. The van der Waals surface area contributed by atoms with Gasteiger partial charge in [0.2, 0.25) is 6.86 Å². The molecule has 0 aliphatic carbocycles. The zero-order valence-electron chi connectivity index (χ0n) is 6.16. The molecule has 64 valence electrons. The Bertz CT molecular complexity index is 286. The molecule has 0 aliphatic heterocycles. The lowest BCUT2D eigenvalue weighted by Crippen LogP contribution is -1.94. The molecular weight excluding hydrogens is 163 g/mol. The summed E-state index contributed by atoms with van der Waals surface area (Å²) in [4.78, 5) is 10.3. The second-order valence-corrected chi connectivity index (χ2v) is 2.07. The third kappa shape index (κ3) is 1.53. The van der Waals surface area contributed by atoms with Crippen molar-refractivity contribution >= 4 is 6.29 Å². The number of phenols is 1. The summed E-state index contributed by atoms with van der Waals surface area (Å²) in [6.45, 7) is -1.07. The Balaban J connectivity index is 3.10. The van der Waals surface area contributed by atoms with Crippen molar-refractivity contribution in [2.45, 2.75) is 0 Å². The predicted octanol–water partition coefficient (Wildman–Crippen LogP) is 1.51. The van der Waals surface area contributed by atoms with Gasteiger partial charge >= 0.3 is 0 Å². The van der Waals surface area contributed by atoms with Crippen molar-refractivity contribution in [1.29, 1.82) is 0 Å². The number of carbonyl (C=O) groups is 1. The molecule has 12 heavy (non-hydrogen) atoms. The maximum atomic E-state index is 11.7. The first-order valence-electron chi connectivity index (χ1n) is 3.25. The first-order chi connectivity index (χ1) is 5.79. The van der Waals surface area contributed by atoms with Gasteiger partial charge in [0.05, 0.1) is 5.56 Å². The molecule has 0 radical (unpaired) electrons. The molecule has 0 aliphatic rings. The van der Waals surface area contributed by atoms with E-state index in [1.165, 1.54) is 18.2 Å². The Labute approximate surface area is 68.4 Å². The average molecular weight is 170 g/mol. The van der Waals surface area contributed by atoms with E-state index < -0.39 is 6.86 Å². The summed E-state index contributed by atoms with van der Waals surface area (Å²) in [5.41, 5.74) is 0.132. The van der Waals surface area contributed by atoms with Crippen LogP contribution in [0.15, 0.2) is 18.2 Å². The van der Waals surface area contributed by atoms with Gasteiger partial charge in [0.15, 0.2) is 17.8 Å². The quantitative estimate of drug-likeness (QED) is 0.699. The molecule has 1 aromatic rings. The van der Waals surface area contributed by atoms with Crippen LogP contribution in [0, 0.1) is 0 Å². The zero-order chi connectivity index (χ0) is 8.97. The number of carbonyl (C=O) groups excluding carboxylic acids is 1. The molecule has 1 N–H and O–H groups in total. The van der Waals surface area contributed by atoms with E-state index in [0.717, 1.165) is 0 Å². The molecular formula is C8H7FO3. The molecule has 0 saturated heterocycles. The molecule has 0 unspecified atom stereocenters. The lowest BCUT2D eigenvalue weighted by Gasteiger charge is -2.05. The number of ether oxygens (including phenoxy) is 1. The van der Waals surface area contributed by atoms with E-state index in [2.05, 4.69) is 4.74 Å². The maximum absolute atomic E-state index is 11.7. The molecule has 4 heteroatoms. The van der Waals surface area contributed by atoms with E-state index >= 15 is 0 Å². The fraction of sp³-hybridized carbons (Fsp3) is 0.125. The smallest absolute Gasteiger partial charge is 0.228 e. The van der Waals surface area contributed by atoms with Gasteiger partial charge in [0.25, 0.3) is 0 Å². The molecule has 0 amide bonds. The summed E-state index contributed by atoms with van der Waals surface area (Å²) in [6, 6.07) is 4.22. The second kappa shape index (κ2) is 3.71. The molecule has 0 heterocycles. The Morgan fingerprint density at radius 2 is 2.33 bits per heavy atom. The van der Waals surface area contributed by atoms with E-state index in [1.54, 1.807) is 0 Å². The van der Waals surface area contributed by atoms with Crippen molar-refractivity contribution in [2.24, 2.45) is 0 Å². The van der Waals surface area contributed by atoms with E-state index in [-0.39, 0.29) is 17.1 Å². The number of benzene rings is 1. The number of aromatic hydroxyl groups is 1. The van der Waals surface area contributed by atoms with Crippen molar-refractivity contribution in [1.82, 2.24) is 0 Å². The van der Waals surface area contributed by atoms with E-state index in [4.69, 9.17) is 5.11 Å². The van der Waals surface area contributed by atoms with Crippen molar-refractivity contribution in [2.75, 3.05) is 6.86 Å². The molecule has 0 fully saturated rings. The third-order valence-corrected chi connectivity index (χ3v) is 1.35. The normalized spacial score (nSPS) is 9.42. The molecule has 0 bridgehead atoms. The van der Waals surface area contributed by atoms with Gasteiger partial charge in [-0.1, -0.05) is 6.07 Å². The standard InChI is InChI=1S/C8H7FO3/c9-5-12-8-6(4-10)2-1-3-7(8)11/h1-4,11H,5H2. The number of halogens is 1. The number of hydrogen-bond acceptors (Lipinski definition) is 3. The van der Waals surface area contributed by atoms with Crippen LogP contribution in [0.3, 0.4) is 0 Å². The van der Waals surface area contributed by atoms with Crippen molar-refractivity contribution in [3.05, 3.63) is 23.8 Å². The molecule has 0 saturated carbocycles. The minimum Gasteiger partial charge on any atom is -0.504 e.